The Morgan fingerprint density at radius 3 is 2.65 bits per heavy atom. The summed E-state index contributed by atoms with van der Waals surface area (Å²) in [7, 11) is 0. The smallest absolute Gasteiger partial charge is 0.322 e. The number of anilines is 1. The summed E-state index contributed by atoms with van der Waals surface area (Å²) in [6, 6.07) is 5.75. The van der Waals surface area contributed by atoms with Gasteiger partial charge in [0.2, 0.25) is 0 Å². The van der Waals surface area contributed by atoms with E-state index in [1.807, 2.05) is 32.0 Å². The lowest BCUT2D eigenvalue weighted by Crippen LogP contribution is -2.38. The Labute approximate surface area is 118 Å². The Bertz CT molecular complexity index is 524. The highest BCUT2D eigenvalue weighted by molar-refractivity contribution is 5.91. The molecule has 2 rings (SSSR count). The molecule has 0 aliphatic heterocycles. The van der Waals surface area contributed by atoms with Crippen LogP contribution >= 0.6 is 0 Å². The number of aliphatic carboxylic acids is 1. The van der Waals surface area contributed by atoms with Crippen molar-refractivity contribution in [3.8, 4) is 0 Å². The first-order valence-electron chi connectivity index (χ1n) is 6.84. The third kappa shape index (κ3) is 3.50. The molecule has 0 saturated heterocycles. The summed E-state index contributed by atoms with van der Waals surface area (Å²) in [4.78, 5) is 24.6. The summed E-state index contributed by atoms with van der Waals surface area (Å²) in [5.41, 5.74) is 2.94. The fourth-order valence-electron chi connectivity index (χ4n) is 2.13. The van der Waals surface area contributed by atoms with Crippen molar-refractivity contribution < 1.29 is 14.7 Å². The molecule has 2 N–H and O–H groups in total. The average molecular weight is 276 g/mol. The summed E-state index contributed by atoms with van der Waals surface area (Å²) in [6.45, 7) is 4.22. The summed E-state index contributed by atoms with van der Waals surface area (Å²) in [6.07, 6.45) is 1.90. The van der Waals surface area contributed by atoms with Crippen molar-refractivity contribution >= 4 is 17.7 Å². The molecular formula is C15H20N2O3. The third-order valence-electron chi connectivity index (χ3n) is 3.66. The van der Waals surface area contributed by atoms with Gasteiger partial charge in [-0.3, -0.25) is 4.79 Å². The second-order valence-corrected chi connectivity index (χ2v) is 5.25. The summed E-state index contributed by atoms with van der Waals surface area (Å²) in [5, 5.41) is 11.6. The molecule has 1 aliphatic rings. The molecule has 1 saturated carbocycles. The normalized spacial score (nSPS) is 13.9. The van der Waals surface area contributed by atoms with Crippen molar-refractivity contribution in [2.24, 2.45) is 0 Å². The number of urea groups is 1. The molecule has 0 aromatic heterocycles. The van der Waals surface area contributed by atoms with Gasteiger partial charge in [-0.25, -0.2) is 4.79 Å². The first kappa shape index (κ1) is 14.4. The molecule has 20 heavy (non-hydrogen) atoms. The maximum absolute atomic E-state index is 12.3. The molecule has 1 aromatic carbocycles. The van der Waals surface area contributed by atoms with Crippen LogP contribution in [0.2, 0.25) is 0 Å². The Balaban J connectivity index is 2.04. The quantitative estimate of drug-likeness (QED) is 0.868. The van der Waals surface area contributed by atoms with Gasteiger partial charge in [-0.15, -0.1) is 0 Å². The molecular weight excluding hydrogens is 256 g/mol. The van der Waals surface area contributed by atoms with Gasteiger partial charge in [-0.1, -0.05) is 12.1 Å². The summed E-state index contributed by atoms with van der Waals surface area (Å²) in [5.74, 6) is -0.879. The molecule has 0 unspecified atom stereocenters. The van der Waals surface area contributed by atoms with E-state index in [9.17, 15) is 9.59 Å². The molecule has 5 nitrogen and oxygen atoms in total. The van der Waals surface area contributed by atoms with Crippen LogP contribution in [0.5, 0.6) is 0 Å². The van der Waals surface area contributed by atoms with Crippen LogP contribution in [0.1, 0.15) is 30.4 Å². The highest BCUT2D eigenvalue weighted by Gasteiger charge is 2.32. The van der Waals surface area contributed by atoms with Crippen LogP contribution in [0, 0.1) is 13.8 Å². The van der Waals surface area contributed by atoms with Crippen molar-refractivity contribution in [3.63, 3.8) is 0 Å². The maximum atomic E-state index is 12.3. The topological polar surface area (TPSA) is 69.6 Å². The molecule has 2 amide bonds. The molecule has 0 heterocycles. The number of hydrogen-bond donors (Lipinski definition) is 2. The predicted molar refractivity (Wildman–Crippen MR) is 76.9 cm³/mol. The zero-order chi connectivity index (χ0) is 14.7. The van der Waals surface area contributed by atoms with Crippen LogP contribution in [0.25, 0.3) is 0 Å². The van der Waals surface area contributed by atoms with Gasteiger partial charge < -0.3 is 15.3 Å². The fraction of sp³-hybridized carbons (Fsp3) is 0.467. The van der Waals surface area contributed by atoms with E-state index in [0.29, 0.717) is 0 Å². The number of aryl methyl sites for hydroxylation is 1. The van der Waals surface area contributed by atoms with Crippen molar-refractivity contribution in [1.29, 1.82) is 0 Å². The fourth-order valence-corrected chi connectivity index (χ4v) is 2.13. The number of nitrogens with one attached hydrogen (secondary N) is 1. The molecule has 1 aliphatic carbocycles. The van der Waals surface area contributed by atoms with E-state index in [4.69, 9.17) is 5.11 Å². The number of carboxylic acids is 1. The number of carbonyl (C=O) groups excluding carboxylic acids is 1. The van der Waals surface area contributed by atoms with Crippen LogP contribution in [-0.2, 0) is 4.79 Å². The lowest BCUT2D eigenvalue weighted by molar-refractivity contribution is -0.137. The Kier molecular flexibility index (Phi) is 4.27. The van der Waals surface area contributed by atoms with E-state index < -0.39 is 5.97 Å². The minimum Gasteiger partial charge on any atom is -0.481 e. The van der Waals surface area contributed by atoms with Gasteiger partial charge in [0.1, 0.15) is 0 Å². The number of nitrogens with zero attached hydrogens (tertiary/aromatic N) is 1. The zero-order valence-electron chi connectivity index (χ0n) is 11.8. The van der Waals surface area contributed by atoms with Crippen molar-refractivity contribution in [3.05, 3.63) is 29.3 Å². The number of carbonyl (C=O) groups is 2. The summed E-state index contributed by atoms with van der Waals surface area (Å²) >= 11 is 0. The van der Waals surface area contributed by atoms with E-state index in [2.05, 4.69) is 5.32 Å². The lowest BCUT2D eigenvalue weighted by atomic mass is 10.1. The van der Waals surface area contributed by atoms with E-state index in [-0.39, 0.29) is 25.0 Å². The molecule has 1 aromatic rings. The molecule has 0 spiro atoms. The van der Waals surface area contributed by atoms with Gasteiger partial charge in [-0.2, -0.15) is 0 Å². The number of rotatable bonds is 5. The Hall–Kier alpha value is -2.04. The Morgan fingerprint density at radius 2 is 2.05 bits per heavy atom. The van der Waals surface area contributed by atoms with E-state index in [1.54, 1.807) is 4.90 Å². The molecule has 0 radical (unpaired) electrons. The second-order valence-electron chi connectivity index (χ2n) is 5.25. The third-order valence-corrected chi connectivity index (χ3v) is 3.66. The molecule has 1 fully saturated rings. The van der Waals surface area contributed by atoms with Crippen LogP contribution in [-0.4, -0.2) is 34.6 Å². The molecule has 0 atom stereocenters. The first-order chi connectivity index (χ1) is 9.49. The largest absolute Gasteiger partial charge is 0.481 e. The van der Waals surface area contributed by atoms with Crippen molar-refractivity contribution in [2.75, 3.05) is 11.9 Å². The summed E-state index contributed by atoms with van der Waals surface area (Å²) < 4.78 is 0. The molecule has 108 valence electrons. The Morgan fingerprint density at radius 1 is 1.35 bits per heavy atom. The van der Waals surface area contributed by atoms with E-state index in [1.165, 1.54) is 0 Å². The van der Waals surface area contributed by atoms with Crippen LogP contribution in [0.15, 0.2) is 18.2 Å². The minimum atomic E-state index is -0.879. The number of amides is 2. The van der Waals surface area contributed by atoms with Crippen LogP contribution in [0.3, 0.4) is 0 Å². The van der Waals surface area contributed by atoms with E-state index >= 15 is 0 Å². The standard InChI is InChI=1S/C15H20N2O3/c1-10-4-3-5-13(11(10)2)16-15(20)17(12-6-7-12)9-8-14(18)19/h3-5,12H,6-9H2,1-2H3,(H,16,20)(H,18,19). The predicted octanol–water partition coefficient (Wildman–Crippen LogP) is 2.77. The number of hydrogen-bond acceptors (Lipinski definition) is 2. The van der Waals surface area contributed by atoms with E-state index in [0.717, 1.165) is 29.7 Å². The average Bonchev–Trinajstić information content (AvgIpc) is 3.19. The first-order valence-corrected chi connectivity index (χ1v) is 6.84. The van der Waals surface area contributed by atoms with Gasteiger partial charge in [0.05, 0.1) is 6.42 Å². The minimum absolute atomic E-state index is 0.0171. The maximum Gasteiger partial charge on any atom is 0.322 e. The molecule has 5 heteroatoms. The van der Waals surface area contributed by atoms with Crippen molar-refractivity contribution in [2.45, 2.75) is 39.2 Å². The van der Waals surface area contributed by atoms with Crippen LogP contribution < -0.4 is 5.32 Å². The zero-order valence-corrected chi connectivity index (χ0v) is 11.8. The number of carboxylic acid groups (broad SMARTS) is 1. The van der Waals surface area contributed by atoms with Gasteiger partial charge >= 0.3 is 12.0 Å². The van der Waals surface area contributed by atoms with Crippen LogP contribution in [0.4, 0.5) is 10.5 Å². The number of benzene rings is 1. The van der Waals surface area contributed by atoms with Gasteiger partial charge in [0, 0.05) is 18.3 Å². The lowest BCUT2D eigenvalue weighted by Gasteiger charge is -2.23. The SMILES string of the molecule is Cc1cccc(NC(=O)N(CCC(=O)O)C2CC2)c1C. The van der Waals surface area contributed by atoms with Gasteiger partial charge in [-0.05, 0) is 43.9 Å². The molecule has 0 bridgehead atoms. The van der Waals surface area contributed by atoms with Crippen molar-refractivity contribution in [1.82, 2.24) is 4.90 Å². The van der Waals surface area contributed by atoms with Gasteiger partial charge in [0.15, 0.2) is 0 Å². The highest BCUT2D eigenvalue weighted by atomic mass is 16.4. The monoisotopic (exact) mass is 276 g/mol. The highest BCUT2D eigenvalue weighted by Crippen LogP contribution is 2.28. The van der Waals surface area contributed by atoms with Gasteiger partial charge in [0.25, 0.3) is 0 Å². The second kappa shape index (κ2) is 5.94.